The molecule has 0 N–H and O–H groups in total. The van der Waals surface area contributed by atoms with Crippen molar-refractivity contribution in [2.24, 2.45) is 0 Å². The second-order valence-electron chi connectivity index (χ2n) is 9.94. The van der Waals surface area contributed by atoms with Gasteiger partial charge < -0.3 is 4.74 Å². The number of aryl methyl sites for hydroxylation is 1. The van der Waals surface area contributed by atoms with Gasteiger partial charge in [-0.05, 0) is 71.6 Å². The van der Waals surface area contributed by atoms with Gasteiger partial charge in [0.05, 0.1) is 10.9 Å². The topological polar surface area (TPSA) is 79.8 Å². The van der Waals surface area contributed by atoms with Crippen LogP contribution in [0.3, 0.4) is 0 Å². The van der Waals surface area contributed by atoms with Crippen molar-refractivity contribution in [1.82, 2.24) is 9.29 Å². The van der Waals surface area contributed by atoms with Gasteiger partial charge in [0.25, 0.3) is 0 Å². The average molecular weight is 472 g/mol. The van der Waals surface area contributed by atoms with Crippen molar-refractivity contribution < 1.29 is 17.9 Å². The molecule has 0 bridgehead atoms. The highest BCUT2D eigenvalue weighted by molar-refractivity contribution is 7.89. The van der Waals surface area contributed by atoms with E-state index >= 15 is 0 Å². The summed E-state index contributed by atoms with van der Waals surface area (Å²) in [6.45, 7) is 7.89. The van der Waals surface area contributed by atoms with Crippen LogP contribution in [0.1, 0.15) is 70.0 Å². The van der Waals surface area contributed by atoms with E-state index in [0.717, 1.165) is 36.8 Å². The van der Waals surface area contributed by atoms with E-state index in [0.29, 0.717) is 18.8 Å². The van der Waals surface area contributed by atoms with Crippen LogP contribution in [-0.4, -0.2) is 42.0 Å². The van der Waals surface area contributed by atoms with Gasteiger partial charge in [-0.15, -0.1) is 0 Å². The van der Waals surface area contributed by atoms with Gasteiger partial charge in [0.2, 0.25) is 10.0 Å². The third-order valence-electron chi connectivity index (χ3n) is 5.99. The predicted octanol–water partition coefficient (Wildman–Crippen LogP) is 5.21. The molecule has 178 valence electrons. The molecule has 1 atom stereocenters. The highest BCUT2D eigenvalue weighted by Crippen LogP contribution is 2.41. The molecular weight excluding hydrogens is 438 g/mol. The van der Waals surface area contributed by atoms with E-state index in [1.54, 1.807) is 27.5 Å². The van der Waals surface area contributed by atoms with Crippen LogP contribution in [0.2, 0.25) is 0 Å². The van der Waals surface area contributed by atoms with E-state index in [4.69, 9.17) is 4.74 Å². The lowest BCUT2D eigenvalue weighted by Gasteiger charge is -2.37. The van der Waals surface area contributed by atoms with Crippen molar-refractivity contribution in [1.29, 1.82) is 0 Å². The van der Waals surface area contributed by atoms with E-state index in [1.807, 2.05) is 52.0 Å². The number of amides is 1. The monoisotopic (exact) mass is 471 g/mol. The number of nitrogens with zero attached hydrogens (tertiary/aromatic N) is 3. The number of hydrogen-bond donors (Lipinski definition) is 0. The second-order valence-corrected chi connectivity index (χ2v) is 11.8. The molecule has 33 heavy (non-hydrogen) atoms. The maximum absolute atomic E-state index is 13.6. The van der Waals surface area contributed by atoms with Crippen LogP contribution in [-0.2, 0) is 14.8 Å². The summed E-state index contributed by atoms with van der Waals surface area (Å²) < 4.78 is 34.5. The summed E-state index contributed by atoms with van der Waals surface area (Å²) in [5.74, 6) is 0.505. The minimum Gasteiger partial charge on any atom is -0.443 e. The van der Waals surface area contributed by atoms with Crippen LogP contribution in [0.25, 0.3) is 0 Å². The lowest BCUT2D eigenvalue weighted by molar-refractivity contribution is 0.0576. The SMILES string of the molecule is Cc1ccc(S(=O)(=O)N2CCCCC2c2cccnc2N(C(=O)OC(C)(C)C)C2CC2)cc1. The number of carbonyl (C=O) groups is 1. The summed E-state index contributed by atoms with van der Waals surface area (Å²) in [6, 6.07) is 10.3. The van der Waals surface area contributed by atoms with Crippen LogP contribution in [0.5, 0.6) is 0 Å². The van der Waals surface area contributed by atoms with Gasteiger partial charge in [-0.2, -0.15) is 4.31 Å². The van der Waals surface area contributed by atoms with Crippen molar-refractivity contribution in [3.63, 3.8) is 0 Å². The Morgan fingerprint density at radius 2 is 1.79 bits per heavy atom. The zero-order chi connectivity index (χ0) is 23.8. The van der Waals surface area contributed by atoms with E-state index in [9.17, 15) is 13.2 Å². The molecule has 2 aliphatic rings. The van der Waals surface area contributed by atoms with Gasteiger partial charge in [0, 0.05) is 24.3 Å². The van der Waals surface area contributed by atoms with Crippen molar-refractivity contribution in [2.45, 2.75) is 82.4 Å². The fourth-order valence-corrected chi connectivity index (χ4v) is 5.95. The molecule has 1 unspecified atom stereocenters. The number of piperidine rings is 1. The molecule has 2 fully saturated rings. The van der Waals surface area contributed by atoms with E-state index in [2.05, 4.69) is 4.98 Å². The first-order valence-corrected chi connectivity index (χ1v) is 13.1. The lowest BCUT2D eigenvalue weighted by Crippen LogP contribution is -2.42. The fourth-order valence-electron chi connectivity index (χ4n) is 4.27. The quantitative estimate of drug-likeness (QED) is 0.598. The first-order valence-electron chi connectivity index (χ1n) is 11.6. The second kappa shape index (κ2) is 9.06. The Morgan fingerprint density at radius 3 is 2.42 bits per heavy atom. The molecule has 0 spiro atoms. The number of hydrogen-bond acceptors (Lipinski definition) is 5. The molecule has 1 saturated heterocycles. The van der Waals surface area contributed by atoms with Crippen molar-refractivity contribution in [2.75, 3.05) is 11.4 Å². The number of sulfonamides is 1. The zero-order valence-corrected chi connectivity index (χ0v) is 20.6. The number of aromatic nitrogens is 1. The third kappa shape index (κ3) is 5.22. The molecule has 1 saturated carbocycles. The predicted molar refractivity (Wildman–Crippen MR) is 128 cm³/mol. The van der Waals surface area contributed by atoms with Crippen molar-refractivity contribution in [3.05, 3.63) is 53.7 Å². The molecular formula is C25H33N3O4S. The Labute approximate surface area is 196 Å². The standard InChI is InChI=1S/C25H33N3O4S/c1-18-10-14-20(15-11-18)33(30,31)27-17-6-5-9-22(27)21-8-7-16-26-23(21)28(19-12-13-19)24(29)32-25(2,3)4/h7-8,10-11,14-16,19,22H,5-6,9,12-13,17H2,1-4H3. The number of rotatable bonds is 5. The first kappa shape index (κ1) is 23.7. The Bertz CT molecular complexity index is 1110. The summed E-state index contributed by atoms with van der Waals surface area (Å²) in [7, 11) is -3.70. The molecule has 2 heterocycles. The van der Waals surface area contributed by atoms with Gasteiger partial charge >= 0.3 is 6.09 Å². The average Bonchev–Trinajstić information content (AvgIpc) is 3.58. The zero-order valence-electron chi connectivity index (χ0n) is 19.8. The summed E-state index contributed by atoms with van der Waals surface area (Å²) in [4.78, 5) is 19.6. The molecule has 1 aromatic heterocycles. The maximum Gasteiger partial charge on any atom is 0.416 e. The van der Waals surface area contributed by atoms with E-state index in [-0.39, 0.29) is 10.9 Å². The number of pyridine rings is 1. The van der Waals surface area contributed by atoms with Crippen molar-refractivity contribution >= 4 is 21.9 Å². The normalized spacial score (nSPS) is 19.8. The molecule has 1 amide bonds. The first-order chi connectivity index (χ1) is 15.6. The Morgan fingerprint density at radius 1 is 1.09 bits per heavy atom. The maximum atomic E-state index is 13.6. The van der Waals surface area contributed by atoms with Gasteiger partial charge in [-0.3, -0.25) is 4.90 Å². The van der Waals surface area contributed by atoms with Gasteiger partial charge in [0.15, 0.2) is 0 Å². The number of ether oxygens (including phenoxy) is 1. The Kier molecular flexibility index (Phi) is 6.51. The smallest absolute Gasteiger partial charge is 0.416 e. The molecule has 1 aliphatic heterocycles. The molecule has 2 aromatic rings. The van der Waals surface area contributed by atoms with Gasteiger partial charge in [0.1, 0.15) is 11.4 Å². The van der Waals surface area contributed by atoms with Crippen LogP contribution in [0.15, 0.2) is 47.5 Å². The minimum absolute atomic E-state index is 0.0271. The van der Waals surface area contributed by atoms with E-state index in [1.165, 1.54) is 0 Å². The Balaban J connectivity index is 1.73. The fraction of sp³-hybridized carbons (Fsp3) is 0.520. The highest BCUT2D eigenvalue weighted by atomic mass is 32.2. The van der Waals surface area contributed by atoms with Gasteiger partial charge in [-0.1, -0.05) is 30.2 Å². The van der Waals surface area contributed by atoms with Crippen LogP contribution >= 0.6 is 0 Å². The summed E-state index contributed by atoms with van der Waals surface area (Å²) in [5, 5.41) is 0. The van der Waals surface area contributed by atoms with Crippen LogP contribution < -0.4 is 4.90 Å². The number of benzene rings is 1. The Hall–Kier alpha value is -2.45. The minimum atomic E-state index is -3.70. The number of carbonyl (C=O) groups excluding carboxylic acids is 1. The van der Waals surface area contributed by atoms with Crippen molar-refractivity contribution in [3.8, 4) is 0 Å². The highest BCUT2D eigenvalue weighted by Gasteiger charge is 2.41. The molecule has 8 heteroatoms. The number of anilines is 1. The summed E-state index contributed by atoms with van der Waals surface area (Å²) in [6.07, 6.45) is 5.37. The van der Waals surface area contributed by atoms with Crippen LogP contribution in [0.4, 0.5) is 10.6 Å². The molecule has 1 aliphatic carbocycles. The molecule has 0 radical (unpaired) electrons. The molecule has 4 rings (SSSR count). The molecule has 1 aromatic carbocycles. The third-order valence-corrected chi connectivity index (χ3v) is 7.91. The van der Waals surface area contributed by atoms with Gasteiger partial charge in [-0.25, -0.2) is 18.2 Å². The largest absolute Gasteiger partial charge is 0.443 e. The summed E-state index contributed by atoms with van der Waals surface area (Å²) >= 11 is 0. The summed E-state index contributed by atoms with van der Waals surface area (Å²) in [5.41, 5.74) is 1.13. The molecule has 7 nitrogen and oxygen atoms in total. The van der Waals surface area contributed by atoms with E-state index < -0.39 is 27.8 Å². The van der Waals surface area contributed by atoms with Crippen LogP contribution in [0, 0.1) is 6.92 Å². The lowest BCUT2D eigenvalue weighted by atomic mass is 9.97.